The zero-order valence-electron chi connectivity index (χ0n) is 12.6. The number of hydrogen-bond donors (Lipinski definition) is 0. The first kappa shape index (κ1) is 13.4. The highest BCUT2D eigenvalue weighted by Crippen LogP contribution is 2.30. The van der Waals surface area contributed by atoms with Crippen molar-refractivity contribution in [3.8, 4) is 0 Å². The molecule has 0 heterocycles. The van der Waals surface area contributed by atoms with Crippen molar-refractivity contribution in [1.82, 2.24) is 0 Å². The van der Waals surface area contributed by atoms with E-state index in [1.165, 1.54) is 39.6 Å². The molecule has 20 heavy (non-hydrogen) atoms. The van der Waals surface area contributed by atoms with Gasteiger partial charge < -0.3 is 0 Å². The van der Waals surface area contributed by atoms with Gasteiger partial charge in [-0.05, 0) is 33.5 Å². The molecule has 0 aliphatic carbocycles. The molecule has 1 heteroatoms. The molecule has 0 saturated carbocycles. The molecular weight excluding hydrogens is 256 g/mol. The van der Waals surface area contributed by atoms with Gasteiger partial charge >= 0.3 is 0 Å². The maximum absolute atomic E-state index is 2.45. The summed E-state index contributed by atoms with van der Waals surface area (Å²) >= 11 is 0. The average molecular weight is 278 g/mol. The molecule has 0 aliphatic heterocycles. The molecule has 0 bridgehead atoms. The maximum Gasteiger partial charge on any atom is 0.0445 e. The summed E-state index contributed by atoms with van der Waals surface area (Å²) < 4.78 is 0. The number of fused-ring (bicyclic) bond motifs is 3. The van der Waals surface area contributed by atoms with Crippen molar-refractivity contribution in [2.75, 3.05) is 0 Å². The quantitative estimate of drug-likeness (QED) is 0.415. The topological polar surface area (TPSA) is 0 Å². The molecule has 0 aromatic heterocycles. The van der Waals surface area contributed by atoms with E-state index in [2.05, 4.69) is 74.2 Å². The van der Waals surface area contributed by atoms with Crippen LogP contribution in [0.2, 0.25) is 25.7 Å². The van der Waals surface area contributed by atoms with Gasteiger partial charge in [0.25, 0.3) is 0 Å². The standard InChI is InChI=1S/C19H22Si/c1-20(2,3)13-12-16-14-15-8-4-5-9-17(15)19-11-7-6-10-18(16)19/h4-11,14H,12-13H2,1-3H3. The lowest BCUT2D eigenvalue weighted by molar-refractivity contribution is 1.11. The Bertz CT molecular complexity index is 750. The second-order valence-electron chi connectivity index (χ2n) is 6.86. The second kappa shape index (κ2) is 5.06. The van der Waals surface area contributed by atoms with E-state index in [9.17, 15) is 0 Å². The van der Waals surface area contributed by atoms with Crippen molar-refractivity contribution in [2.24, 2.45) is 0 Å². The number of rotatable bonds is 3. The second-order valence-corrected chi connectivity index (χ2v) is 12.5. The highest BCUT2D eigenvalue weighted by molar-refractivity contribution is 6.76. The zero-order chi connectivity index (χ0) is 14.2. The Balaban J connectivity index is 2.19. The van der Waals surface area contributed by atoms with E-state index in [-0.39, 0.29) is 0 Å². The van der Waals surface area contributed by atoms with Crippen LogP contribution in [0.25, 0.3) is 21.5 Å². The van der Waals surface area contributed by atoms with Gasteiger partial charge in [0, 0.05) is 8.07 Å². The molecule has 0 fully saturated rings. The van der Waals surface area contributed by atoms with Gasteiger partial charge in [0.15, 0.2) is 0 Å². The molecule has 0 N–H and O–H groups in total. The Hall–Kier alpha value is -1.60. The van der Waals surface area contributed by atoms with E-state index in [1.807, 2.05) is 0 Å². The Morgan fingerprint density at radius 1 is 0.750 bits per heavy atom. The molecule has 0 radical (unpaired) electrons. The highest BCUT2D eigenvalue weighted by atomic mass is 28.3. The Labute approximate surface area is 122 Å². The van der Waals surface area contributed by atoms with Gasteiger partial charge in [-0.1, -0.05) is 80.3 Å². The highest BCUT2D eigenvalue weighted by Gasteiger charge is 2.14. The molecule has 0 saturated heterocycles. The Kier molecular flexibility index (Phi) is 3.39. The largest absolute Gasteiger partial charge is 0.0695 e. The zero-order valence-corrected chi connectivity index (χ0v) is 13.6. The minimum absolute atomic E-state index is 0.995. The lowest BCUT2D eigenvalue weighted by atomic mass is 9.96. The van der Waals surface area contributed by atoms with E-state index >= 15 is 0 Å². The Morgan fingerprint density at radius 3 is 2.05 bits per heavy atom. The van der Waals surface area contributed by atoms with Crippen LogP contribution in [0, 0.1) is 0 Å². The fraction of sp³-hybridized carbons (Fsp3) is 0.263. The van der Waals surface area contributed by atoms with E-state index in [0.717, 1.165) is 0 Å². The van der Waals surface area contributed by atoms with E-state index in [4.69, 9.17) is 0 Å². The number of benzene rings is 3. The van der Waals surface area contributed by atoms with E-state index in [0.29, 0.717) is 0 Å². The van der Waals surface area contributed by atoms with Crippen LogP contribution >= 0.6 is 0 Å². The van der Waals surface area contributed by atoms with E-state index in [1.54, 1.807) is 0 Å². The molecule has 3 aromatic rings. The summed E-state index contributed by atoms with van der Waals surface area (Å²) in [7, 11) is -0.995. The van der Waals surface area contributed by atoms with Crippen LogP contribution in [0.15, 0.2) is 54.6 Å². The summed E-state index contributed by atoms with van der Waals surface area (Å²) in [6, 6.07) is 21.4. The monoisotopic (exact) mass is 278 g/mol. The Morgan fingerprint density at radius 2 is 1.35 bits per heavy atom. The lowest BCUT2D eigenvalue weighted by Gasteiger charge is -2.17. The average Bonchev–Trinajstić information content (AvgIpc) is 2.44. The van der Waals surface area contributed by atoms with Gasteiger partial charge in [0.2, 0.25) is 0 Å². The molecule has 0 aliphatic rings. The number of hydrogen-bond acceptors (Lipinski definition) is 0. The predicted molar refractivity (Wildman–Crippen MR) is 93.3 cm³/mol. The van der Waals surface area contributed by atoms with Crippen LogP contribution in [0.3, 0.4) is 0 Å². The smallest absolute Gasteiger partial charge is 0.0445 e. The number of aryl methyl sites for hydroxylation is 1. The molecular formula is C19H22Si. The summed E-state index contributed by atoms with van der Waals surface area (Å²) in [4.78, 5) is 0. The summed E-state index contributed by atoms with van der Waals surface area (Å²) in [6.45, 7) is 7.36. The maximum atomic E-state index is 2.45. The van der Waals surface area contributed by atoms with Crippen molar-refractivity contribution >= 4 is 29.6 Å². The van der Waals surface area contributed by atoms with Crippen molar-refractivity contribution in [3.63, 3.8) is 0 Å². The molecule has 3 aromatic carbocycles. The van der Waals surface area contributed by atoms with Gasteiger partial charge in [-0.25, -0.2) is 0 Å². The molecule has 102 valence electrons. The van der Waals surface area contributed by atoms with Crippen molar-refractivity contribution < 1.29 is 0 Å². The molecule has 0 amide bonds. The molecule has 3 rings (SSSR count). The third-order valence-electron chi connectivity index (χ3n) is 4.00. The third kappa shape index (κ3) is 2.64. The van der Waals surface area contributed by atoms with Crippen molar-refractivity contribution in [2.45, 2.75) is 32.1 Å². The van der Waals surface area contributed by atoms with Gasteiger partial charge in [0.1, 0.15) is 0 Å². The first-order valence-electron chi connectivity index (χ1n) is 7.44. The third-order valence-corrected chi connectivity index (χ3v) is 5.75. The minimum atomic E-state index is -0.995. The van der Waals surface area contributed by atoms with Crippen molar-refractivity contribution in [3.05, 3.63) is 60.2 Å². The fourth-order valence-corrected chi connectivity index (χ4v) is 3.87. The van der Waals surface area contributed by atoms with E-state index < -0.39 is 8.07 Å². The van der Waals surface area contributed by atoms with Crippen LogP contribution in [0.4, 0.5) is 0 Å². The van der Waals surface area contributed by atoms with Crippen LogP contribution in [0.1, 0.15) is 5.56 Å². The predicted octanol–water partition coefficient (Wildman–Crippen LogP) is 5.87. The minimum Gasteiger partial charge on any atom is -0.0695 e. The first-order chi connectivity index (χ1) is 9.54. The summed E-state index contributed by atoms with van der Waals surface area (Å²) in [5, 5.41) is 5.58. The SMILES string of the molecule is C[Si](C)(C)CCc1cc2ccccc2c2ccccc12. The van der Waals surface area contributed by atoms with Gasteiger partial charge in [0.05, 0.1) is 0 Å². The molecule has 0 nitrogen and oxygen atoms in total. The van der Waals surface area contributed by atoms with Crippen LogP contribution < -0.4 is 0 Å². The van der Waals surface area contributed by atoms with Gasteiger partial charge in [-0.3, -0.25) is 0 Å². The van der Waals surface area contributed by atoms with Crippen LogP contribution in [0.5, 0.6) is 0 Å². The first-order valence-corrected chi connectivity index (χ1v) is 11.1. The van der Waals surface area contributed by atoms with Gasteiger partial charge in [-0.15, -0.1) is 0 Å². The molecule has 0 spiro atoms. The summed E-state index contributed by atoms with van der Waals surface area (Å²) in [5.41, 5.74) is 1.52. The molecule has 0 unspecified atom stereocenters. The van der Waals surface area contributed by atoms with Crippen molar-refractivity contribution in [1.29, 1.82) is 0 Å². The van der Waals surface area contributed by atoms with Crippen LogP contribution in [-0.4, -0.2) is 8.07 Å². The lowest BCUT2D eigenvalue weighted by Crippen LogP contribution is -2.19. The van der Waals surface area contributed by atoms with Gasteiger partial charge in [-0.2, -0.15) is 0 Å². The summed E-state index contributed by atoms with van der Waals surface area (Å²) in [6.07, 6.45) is 1.21. The summed E-state index contributed by atoms with van der Waals surface area (Å²) in [5.74, 6) is 0. The molecule has 0 atom stereocenters. The van der Waals surface area contributed by atoms with Crippen LogP contribution in [-0.2, 0) is 6.42 Å². The normalized spacial score (nSPS) is 12.2. The fourth-order valence-electron chi connectivity index (χ4n) is 2.85.